The van der Waals surface area contributed by atoms with Crippen LogP contribution in [0.2, 0.25) is 0 Å². The molecule has 1 aromatic rings. The fourth-order valence-corrected chi connectivity index (χ4v) is 2.08. The van der Waals surface area contributed by atoms with E-state index in [1.54, 1.807) is 0 Å². The second kappa shape index (κ2) is 6.99. The van der Waals surface area contributed by atoms with Crippen molar-refractivity contribution in [1.29, 1.82) is 0 Å². The van der Waals surface area contributed by atoms with Gasteiger partial charge in [0.1, 0.15) is 5.82 Å². The number of hydrogen-bond acceptors (Lipinski definition) is 3. The van der Waals surface area contributed by atoms with Crippen LogP contribution in [0.15, 0.2) is 24.3 Å². The number of ether oxygens (including phenoxy) is 1. The van der Waals surface area contributed by atoms with Crippen molar-refractivity contribution in [3.8, 4) is 0 Å². The molecule has 0 unspecified atom stereocenters. The molecular formula is C15H16FNO4. The summed E-state index contributed by atoms with van der Waals surface area (Å²) in [6.07, 6.45) is 3.49. The van der Waals surface area contributed by atoms with E-state index in [1.165, 1.54) is 12.1 Å². The summed E-state index contributed by atoms with van der Waals surface area (Å²) in [4.78, 5) is 22.4. The van der Waals surface area contributed by atoms with Crippen molar-refractivity contribution in [2.24, 2.45) is 0 Å². The molecule has 1 aliphatic rings. The molecule has 1 amide bonds. The average Bonchev–Trinajstić information content (AvgIpc) is 2.46. The highest BCUT2D eigenvalue weighted by Crippen LogP contribution is 2.13. The molecule has 1 aliphatic heterocycles. The number of aliphatic carboxylic acids is 1. The second-order valence-electron chi connectivity index (χ2n) is 4.77. The van der Waals surface area contributed by atoms with Crippen molar-refractivity contribution in [2.45, 2.75) is 18.9 Å². The molecule has 0 saturated carbocycles. The number of carbonyl (C=O) groups excluding carboxylic acids is 1. The van der Waals surface area contributed by atoms with Crippen LogP contribution in [0, 0.1) is 5.82 Å². The first kappa shape index (κ1) is 15.2. The van der Waals surface area contributed by atoms with Gasteiger partial charge in [0.2, 0.25) is 0 Å². The molecule has 0 aromatic heterocycles. The van der Waals surface area contributed by atoms with Gasteiger partial charge in [0, 0.05) is 36.5 Å². The lowest BCUT2D eigenvalue weighted by Crippen LogP contribution is -2.38. The molecule has 1 aromatic carbocycles. The maximum atomic E-state index is 13.8. The molecule has 0 radical (unpaired) electrons. The van der Waals surface area contributed by atoms with Crippen LogP contribution < -0.4 is 5.32 Å². The first-order chi connectivity index (χ1) is 10.1. The summed E-state index contributed by atoms with van der Waals surface area (Å²) >= 11 is 0. The Bertz CT molecular complexity index is 565. The lowest BCUT2D eigenvalue weighted by atomic mass is 10.1. The van der Waals surface area contributed by atoms with E-state index >= 15 is 0 Å². The van der Waals surface area contributed by atoms with Crippen LogP contribution in [0.25, 0.3) is 6.08 Å². The van der Waals surface area contributed by atoms with Crippen LogP contribution in [0.3, 0.4) is 0 Å². The number of carboxylic acid groups (broad SMARTS) is 1. The molecule has 0 spiro atoms. The van der Waals surface area contributed by atoms with Gasteiger partial charge in [-0.15, -0.1) is 0 Å². The number of carbonyl (C=O) groups is 2. The standard InChI is InChI=1S/C15H16FNO4/c16-13-9-11(2-1-10(13)3-4-14(18)19)15(20)17-12-5-7-21-8-6-12/h1-4,9,12H,5-8H2,(H,17,20)(H,18,19). The van der Waals surface area contributed by atoms with Gasteiger partial charge in [0.05, 0.1) is 0 Å². The van der Waals surface area contributed by atoms with E-state index < -0.39 is 11.8 Å². The van der Waals surface area contributed by atoms with Crippen molar-refractivity contribution < 1.29 is 23.8 Å². The van der Waals surface area contributed by atoms with Gasteiger partial charge in [-0.1, -0.05) is 6.07 Å². The Hall–Kier alpha value is -2.21. The third-order valence-corrected chi connectivity index (χ3v) is 3.22. The lowest BCUT2D eigenvalue weighted by molar-refractivity contribution is -0.131. The van der Waals surface area contributed by atoms with E-state index in [2.05, 4.69) is 5.32 Å². The first-order valence-corrected chi connectivity index (χ1v) is 6.65. The molecule has 1 heterocycles. The van der Waals surface area contributed by atoms with Gasteiger partial charge in [0.25, 0.3) is 5.91 Å². The van der Waals surface area contributed by atoms with E-state index in [0.717, 1.165) is 31.1 Å². The predicted octanol–water partition coefficient (Wildman–Crippen LogP) is 1.83. The van der Waals surface area contributed by atoms with Gasteiger partial charge >= 0.3 is 5.97 Å². The van der Waals surface area contributed by atoms with Crippen LogP contribution in [0.1, 0.15) is 28.8 Å². The fourth-order valence-electron chi connectivity index (χ4n) is 2.08. The highest BCUT2D eigenvalue weighted by molar-refractivity contribution is 5.94. The van der Waals surface area contributed by atoms with Gasteiger partial charge in [0.15, 0.2) is 0 Å². The summed E-state index contributed by atoms with van der Waals surface area (Å²) in [5.41, 5.74) is 0.339. The number of hydrogen-bond donors (Lipinski definition) is 2. The van der Waals surface area contributed by atoms with Crippen LogP contribution in [0.5, 0.6) is 0 Å². The number of halogens is 1. The Morgan fingerprint density at radius 2 is 2.05 bits per heavy atom. The highest BCUT2D eigenvalue weighted by Gasteiger charge is 2.17. The number of rotatable bonds is 4. The Balaban J connectivity index is 2.04. The largest absolute Gasteiger partial charge is 0.478 e. The number of nitrogens with one attached hydrogen (secondary N) is 1. The van der Waals surface area contributed by atoms with E-state index in [0.29, 0.717) is 13.2 Å². The van der Waals surface area contributed by atoms with Crippen molar-refractivity contribution in [3.05, 3.63) is 41.2 Å². The highest BCUT2D eigenvalue weighted by atomic mass is 19.1. The molecule has 21 heavy (non-hydrogen) atoms. The van der Waals surface area contributed by atoms with E-state index in [9.17, 15) is 14.0 Å². The van der Waals surface area contributed by atoms with E-state index in [-0.39, 0.29) is 23.1 Å². The molecule has 112 valence electrons. The lowest BCUT2D eigenvalue weighted by Gasteiger charge is -2.23. The van der Waals surface area contributed by atoms with Crippen molar-refractivity contribution in [3.63, 3.8) is 0 Å². The minimum atomic E-state index is -1.16. The van der Waals surface area contributed by atoms with Gasteiger partial charge in [-0.2, -0.15) is 0 Å². The molecule has 0 bridgehead atoms. The molecule has 1 fully saturated rings. The molecule has 6 heteroatoms. The average molecular weight is 293 g/mol. The maximum absolute atomic E-state index is 13.8. The van der Waals surface area contributed by atoms with Crippen LogP contribution in [-0.2, 0) is 9.53 Å². The minimum absolute atomic E-state index is 0.0425. The zero-order valence-electron chi connectivity index (χ0n) is 11.3. The zero-order valence-corrected chi connectivity index (χ0v) is 11.3. The van der Waals surface area contributed by atoms with Gasteiger partial charge in [-0.25, -0.2) is 9.18 Å². The number of amides is 1. The molecule has 2 rings (SSSR count). The van der Waals surface area contributed by atoms with Crippen molar-refractivity contribution in [2.75, 3.05) is 13.2 Å². The molecule has 2 N–H and O–H groups in total. The minimum Gasteiger partial charge on any atom is -0.478 e. The zero-order chi connectivity index (χ0) is 15.2. The van der Waals surface area contributed by atoms with E-state index in [4.69, 9.17) is 9.84 Å². The number of benzene rings is 1. The van der Waals surface area contributed by atoms with Gasteiger partial charge < -0.3 is 15.2 Å². The fraction of sp³-hybridized carbons (Fsp3) is 0.333. The van der Waals surface area contributed by atoms with E-state index in [1.807, 2.05) is 0 Å². The van der Waals surface area contributed by atoms with Crippen molar-refractivity contribution in [1.82, 2.24) is 5.32 Å². The summed E-state index contributed by atoms with van der Waals surface area (Å²) in [7, 11) is 0. The van der Waals surface area contributed by atoms with Gasteiger partial charge in [-0.05, 0) is 31.1 Å². The van der Waals surface area contributed by atoms with Crippen molar-refractivity contribution >= 4 is 18.0 Å². The summed E-state index contributed by atoms with van der Waals surface area (Å²) in [6, 6.07) is 4.00. The quantitative estimate of drug-likeness (QED) is 0.830. The molecule has 5 nitrogen and oxygen atoms in total. The molecule has 0 atom stereocenters. The maximum Gasteiger partial charge on any atom is 0.328 e. The monoisotopic (exact) mass is 293 g/mol. The molecule has 0 aliphatic carbocycles. The summed E-state index contributed by atoms with van der Waals surface area (Å²) in [6.45, 7) is 1.22. The Morgan fingerprint density at radius 3 is 2.67 bits per heavy atom. The first-order valence-electron chi connectivity index (χ1n) is 6.65. The van der Waals surface area contributed by atoms with Crippen LogP contribution in [0.4, 0.5) is 4.39 Å². The topological polar surface area (TPSA) is 75.6 Å². The Kier molecular flexibility index (Phi) is 5.05. The smallest absolute Gasteiger partial charge is 0.328 e. The summed E-state index contributed by atoms with van der Waals surface area (Å²) in [5.74, 6) is -2.13. The molecular weight excluding hydrogens is 277 g/mol. The van der Waals surface area contributed by atoms with Crippen LogP contribution in [-0.4, -0.2) is 36.2 Å². The third kappa shape index (κ3) is 4.39. The van der Waals surface area contributed by atoms with Gasteiger partial charge in [-0.3, -0.25) is 4.79 Å². The normalized spacial score (nSPS) is 16.0. The predicted molar refractivity (Wildman–Crippen MR) is 74.4 cm³/mol. The number of carboxylic acids is 1. The Morgan fingerprint density at radius 1 is 1.33 bits per heavy atom. The Labute approximate surface area is 121 Å². The summed E-state index contributed by atoms with van der Waals surface area (Å²) in [5, 5.41) is 11.3. The summed E-state index contributed by atoms with van der Waals surface area (Å²) < 4.78 is 19.0. The third-order valence-electron chi connectivity index (χ3n) is 3.22. The van der Waals surface area contributed by atoms with Crippen LogP contribution >= 0.6 is 0 Å². The molecule has 1 saturated heterocycles. The SMILES string of the molecule is O=C(O)C=Cc1ccc(C(=O)NC2CCOCC2)cc1F. The second-order valence-corrected chi connectivity index (χ2v) is 4.77.